The molecule has 8 nitrogen and oxygen atoms in total. The number of hydrogen-bond donors (Lipinski definition) is 2. The number of tetrazole rings is 1. The molecule has 0 spiro atoms. The molecule has 3 rings (SSSR count). The van der Waals surface area contributed by atoms with Crippen molar-refractivity contribution < 1.29 is 8.42 Å². The van der Waals surface area contributed by atoms with Gasteiger partial charge in [0, 0.05) is 18.3 Å². The number of nitrogens with one attached hydrogen (secondary N) is 2. The highest BCUT2D eigenvalue weighted by Gasteiger charge is 2.32. The zero-order chi connectivity index (χ0) is 19.5. The van der Waals surface area contributed by atoms with Gasteiger partial charge in [0.2, 0.25) is 10.0 Å². The van der Waals surface area contributed by atoms with E-state index in [1.807, 2.05) is 24.3 Å². The summed E-state index contributed by atoms with van der Waals surface area (Å²) in [7, 11) is -3.28. The Balaban J connectivity index is 1.45. The summed E-state index contributed by atoms with van der Waals surface area (Å²) in [5, 5.41) is 15.1. The van der Waals surface area contributed by atoms with Crippen LogP contribution < -0.4 is 10.0 Å². The van der Waals surface area contributed by atoms with Crippen LogP contribution in [0.4, 0.5) is 5.69 Å². The van der Waals surface area contributed by atoms with E-state index in [0.717, 1.165) is 43.6 Å². The number of anilines is 1. The third-order valence-electron chi connectivity index (χ3n) is 5.02. The van der Waals surface area contributed by atoms with E-state index < -0.39 is 14.8 Å². The van der Waals surface area contributed by atoms with Crippen LogP contribution in [0, 0.1) is 5.92 Å². The van der Waals surface area contributed by atoms with Crippen molar-refractivity contribution in [2.75, 3.05) is 11.9 Å². The van der Waals surface area contributed by atoms with Crippen LogP contribution in [0.25, 0.3) is 5.69 Å². The average molecular weight is 393 g/mol. The number of benzene rings is 1. The quantitative estimate of drug-likeness (QED) is 0.782. The van der Waals surface area contributed by atoms with Crippen molar-refractivity contribution in [3.05, 3.63) is 30.6 Å². The van der Waals surface area contributed by atoms with E-state index in [1.54, 1.807) is 20.8 Å². The Morgan fingerprint density at radius 2 is 1.78 bits per heavy atom. The molecule has 0 amide bonds. The summed E-state index contributed by atoms with van der Waals surface area (Å²) in [4.78, 5) is 1.48. The van der Waals surface area contributed by atoms with Gasteiger partial charge in [-0.25, -0.2) is 13.1 Å². The topological polar surface area (TPSA) is 102 Å². The van der Waals surface area contributed by atoms with Crippen LogP contribution >= 0.6 is 0 Å². The van der Waals surface area contributed by atoms with Crippen LogP contribution in [-0.4, -0.2) is 46.0 Å². The van der Waals surface area contributed by atoms with Crippen molar-refractivity contribution >= 4 is 15.7 Å². The number of aromatic nitrogens is 4. The molecule has 2 N–H and O–H groups in total. The zero-order valence-electron chi connectivity index (χ0n) is 16.1. The van der Waals surface area contributed by atoms with Gasteiger partial charge in [0.15, 0.2) is 6.33 Å². The van der Waals surface area contributed by atoms with Crippen LogP contribution in [0.2, 0.25) is 0 Å². The monoisotopic (exact) mass is 392 g/mol. The Bertz CT molecular complexity index is 820. The molecular weight excluding hydrogens is 364 g/mol. The summed E-state index contributed by atoms with van der Waals surface area (Å²) >= 11 is 0. The highest BCUT2D eigenvalue weighted by atomic mass is 32.2. The van der Waals surface area contributed by atoms with Crippen LogP contribution in [0.5, 0.6) is 0 Å². The van der Waals surface area contributed by atoms with E-state index in [9.17, 15) is 8.42 Å². The molecule has 2 aromatic rings. The first kappa shape index (κ1) is 19.8. The maximum atomic E-state index is 12.3. The lowest BCUT2D eigenvalue weighted by Gasteiger charge is -2.31. The van der Waals surface area contributed by atoms with Crippen LogP contribution in [0.15, 0.2) is 30.6 Å². The molecule has 1 saturated carbocycles. The maximum absolute atomic E-state index is 12.3. The maximum Gasteiger partial charge on any atom is 0.216 e. The van der Waals surface area contributed by atoms with Gasteiger partial charge >= 0.3 is 0 Å². The fraction of sp³-hybridized carbons (Fsp3) is 0.611. The van der Waals surface area contributed by atoms with Crippen molar-refractivity contribution in [1.82, 2.24) is 24.9 Å². The molecule has 9 heteroatoms. The summed E-state index contributed by atoms with van der Waals surface area (Å²) in [5.74, 6) is 0.553. The standard InChI is InChI=1S/C18H28N6O2S/c1-18(2,3)27(25,26)22-16-6-4-14(5-7-16)12-19-15-8-10-17(11-9-15)24-21-13-20-23-24/h8-11,13-14,16,19,22H,4-7,12H2,1-3H3. The van der Waals surface area contributed by atoms with E-state index >= 15 is 0 Å². The van der Waals surface area contributed by atoms with Crippen molar-refractivity contribution in [2.24, 2.45) is 5.92 Å². The van der Waals surface area contributed by atoms with Crippen molar-refractivity contribution in [3.63, 3.8) is 0 Å². The van der Waals surface area contributed by atoms with Gasteiger partial charge in [-0.1, -0.05) is 0 Å². The van der Waals surface area contributed by atoms with Gasteiger partial charge in [0.1, 0.15) is 0 Å². The van der Waals surface area contributed by atoms with Gasteiger partial charge in [-0.15, -0.1) is 15.0 Å². The molecule has 148 valence electrons. The molecular formula is C18H28N6O2S. The smallest absolute Gasteiger partial charge is 0.216 e. The Labute approximate surface area is 160 Å². The van der Waals surface area contributed by atoms with E-state index in [2.05, 4.69) is 25.4 Å². The Morgan fingerprint density at radius 1 is 1.11 bits per heavy atom. The lowest BCUT2D eigenvalue weighted by atomic mass is 9.86. The number of nitrogens with zero attached hydrogens (tertiary/aromatic N) is 4. The molecule has 0 aliphatic heterocycles. The van der Waals surface area contributed by atoms with Gasteiger partial charge in [-0.3, -0.25) is 0 Å². The molecule has 0 bridgehead atoms. The predicted octanol–water partition coefficient (Wildman–Crippen LogP) is 2.35. The molecule has 0 radical (unpaired) electrons. The Kier molecular flexibility index (Phi) is 5.81. The van der Waals surface area contributed by atoms with Gasteiger partial charge in [0.05, 0.1) is 10.4 Å². The van der Waals surface area contributed by atoms with Gasteiger partial charge < -0.3 is 5.32 Å². The second-order valence-electron chi connectivity index (χ2n) is 8.10. The molecule has 1 aromatic heterocycles. The van der Waals surface area contributed by atoms with Crippen LogP contribution in [-0.2, 0) is 10.0 Å². The molecule has 27 heavy (non-hydrogen) atoms. The van der Waals surface area contributed by atoms with E-state index in [-0.39, 0.29) is 6.04 Å². The summed E-state index contributed by atoms with van der Waals surface area (Å²) in [5.41, 5.74) is 1.92. The minimum Gasteiger partial charge on any atom is -0.385 e. The Morgan fingerprint density at radius 3 is 2.33 bits per heavy atom. The number of sulfonamides is 1. The first-order valence-electron chi connectivity index (χ1n) is 9.34. The molecule has 1 heterocycles. The first-order valence-corrected chi connectivity index (χ1v) is 10.8. The highest BCUT2D eigenvalue weighted by Crippen LogP contribution is 2.26. The fourth-order valence-corrected chi connectivity index (χ4v) is 4.17. The molecule has 0 saturated heterocycles. The van der Waals surface area contributed by atoms with E-state index in [1.165, 1.54) is 11.1 Å². The predicted molar refractivity (Wildman–Crippen MR) is 105 cm³/mol. The minimum atomic E-state index is -3.28. The summed E-state index contributed by atoms with van der Waals surface area (Å²) in [6, 6.07) is 7.95. The molecule has 1 aliphatic carbocycles. The molecule has 1 aliphatic rings. The second-order valence-corrected chi connectivity index (χ2v) is 10.6. The fourth-order valence-electron chi connectivity index (χ4n) is 3.14. The third-order valence-corrected chi connectivity index (χ3v) is 7.27. The molecule has 0 atom stereocenters. The Hall–Kier alpha value is -2.00. The molecule has 0 unspecified atom stereocenters. The second kappa shape index (κ2) is 7.93. The lowest BCUT2D eigenvalue weighted by molar-refractivity contribution is 0.322. The highest BCUT2D eigenvalue weighted by molar-refractivity contribution is 7.90. The summed E-state index contributed by atoms with van der Waals surface area (Å²) < 4.78 is 26.7. The lowest BCUT2D eigenvalue weighted by Crippen LogP contribution is -2.46. The van der Waals surface area contributed by atoms with Gasteiger partial charge in [0.25, 0.3) is 0 Å². The zero-order valence-corrected chi connectivity index (χ0v) is 16.9. The molecule has 1 fully saturated rings. The SMILES string of the molecule is CC(C)(C)S(=O)(=O)NC1CCC(CNc2ccc(-n3ncnn3)cc2)CC1. The minimum absolute atomic E-state index is 0.0555. The van der Waals surface area contributed by atoms with Crippen LogP contribution in [0.1, 0.15) is 46.5 Å². The number of hydrogen-bond acceptors (Lipinski definition) is 6. The molecule has 1 aromatic carbocycles. The van der Waals surface area contributed by atoms with E-state index in [4.69, 9.17) is 0 Å². The summed E-state index contributed by atoms with van der Waals surface area (Å²) in [6.45, 7) is 6.08. The van der Waals surface area contributed by atoms with Gasteiger partial charge in [-0.2, -0.15) is 0 Å². The first-order chi connectivity index (χ1) is 12.7. The summed E-state index contributed by atoms with van der Waals surface area (Å²) in [6.07, 6.45) is 5.22. The third kappa shape index (κ3) is 5.04. The van der Waals surface area contributed by atoms with Crippen molar-refractivity contribution in [3.8, 4) is 5.69 Å². The van der Waals surface area contributed by atoms with Crippen molar-refractivity contribution in [1.29, 1.82) is 0 Å². The van der Waals surface area contributed by atoms with Crippen molar-refractivity contribution in [2.45, 2.75) is 57.2 Å². The van der Waals surface area contributed by atoms with Gasteiger partial charge in [-0.05, 0) is 81.9 Å². The normalized spacial score (nSPS) is 21.1. The average Bonchev–Trinajstić information content (AvgIpc) is 3.15. The van der Waals surface area contributed by atoms with E-state index in [0.29, 0.717) is 5.92 Å². The van der Waals surface area contributed by atoms with Crippen LogP contribution in [0.3, 0.4) is 0 Å². The number of rotatable bonds is 6. The largest absolute Gasteiger partial charge is 0.385 e.